The summed E-state index contributed by atoms with van der Waals surface area (Å²) in [5, 5.41) is 3.36. The van der Waals surface area contributed by atoms with E-state index in [0.29, 0.717) is 12.6 Å². The van der Waals surface area contributed by atoms with E-state index in [2.05, 4.69) is 25.2 Å². The van der Waals surface area contributed by atoms with Crippen LogP contribution in [0.15, 0.2) is 18.2 Å². The highest BCUT2D eigenvalue weighted by Crippen LogP contribution is 2.40. The number of benzene rings is 1. The molecule has 1 N–H and O–H groups in total. The van der Waals surface area contributed by atoms with E-state index in [9.17, 15) is 0 Å². The summed E-state index contributed by atoms with van der Waals surface area (Å²) in [7, 11) is 3.69. The van der Waals surface area contributed by atoms with Crippen LogP contribution in [0, 0.1) is 0 Å². The molecule has 0 aliphatic carbocycles. The molecule has 0 radical (unpaired) electrons. The Morgan fingerprint density at radius 2 is 2.15 bits per heavy atom. The van der Waals surface area contributed by atoms with E-state index in [1.807, 2.05) is 19.2 Å². The van der Waals surface area contributed by atoms with Crippen LogP contribution in [0.3, 0.4) is 0 Å². The molecule has 0 saturated heterocycles. The van der Waals surface area contributed by atoms with Gasteiger partial charge in [-0.3, -0.25) is 0 Å². The van der Waals surface area contributed by atoms with Crippen LogP contribution in [0.1, 0.15) is 38.3 Å². The molecule has 20 heavy (non-hydrogen) atoms. The third kappa shape index (κ3) is 3.64. The fourth-order valence-electron chi connectivity index (χ4n) is 2.57. The van der Waals surface area contributed by atoms with Crippen LogP contribution in [0.4, 0.5) is 0 Å². The molecular weight excluding hydrogens is 254 g/mol. The largest absolute Gasteiger partial charge is 0.493 e. The van der Waals surface area contributed by atoms with Crippen LogP contribution >= 0.6 is 0 Å². The number of fused-ring (bicyclic) bond motifs is 1. The van der Waals surface area contributed by atoms with Gasteiger partial charge in [-0.15, -0.1) is 0 Å². The molecule has 2 rings (SSSR count). The summed E-state index contributed by atoms with van der Waals surface area (Å²) in [5.74, 6) is 1.78. The minimum absolute atomic E-state index is 0.157. The number of nitrogens with one attached hydrogen (secondary N) is 1. The van der Waals surface area contributed by atoms with Gasteiger partial charge in [-0.1, -0.05) is 6.07 Å². The van der Waals surface area contributed by atoms with Crippen molar-refractivity contribution < 1.29 is 14.2 Å². The second-order valence-electron chi connectivity index (χ2n) is 5.80. The van der Waals surface area contributed by atoms with Crippen molar-refractivity contribution in [1.82, 2.24) is 5.32 Å². The molecule has 0 saturated carbocycles. The second-order valence-corrected chi connectivity index (χ2v) is 5.80. The van der Waals surface area contributed by atoms with Gasteiger partial charge in [0.15, 0.2) is 0 Å². The van der Waals surface area contributed by atoms with Crippen LogP contribution in [0.5, 0.6) is 11.5 Å². The average molecular weight is 279 g/mol. The monoisotopic (exact) mass is 279 g/mol. The fraction of sp³-hybridized carbons (Fsp3) is 0.625. The van der Waals surface area contributed by atoms with Crippen molar-refractivity contribution in [2.24, 2.45) is 0 Å². The van der Waals surface area contributed by atoms with E-state index in [1.54, 1.807) is 7.11 Å². The molecule has 1 aromatic carbocycles. The smallest absolute Gasteiger partial charge is 0.128 e. The van der Waals surface area contributed by atoms with Crippen LogP contribution < -0.4 is 14.8 Å². The van der Waals surface area contributed by atoms with Gasteiger partial charge in [0.05, 0.1) is 6.61 Å². The first-order valence-corrected chi connectivity index (χ1v) is 7.18. The van der Waals surface area contributed by atoms with Gasteiger partial charge in [-0.05, 0) is 27.0 Å². The molecule has 4 heteroatoms. The fourth-order valence-corrected chi connectivity index (χ4v) is 2.57. The van der Waals surface area contributed by atoms with Gasteiger partial charge in [0.2, 0.25) is 0 Å². The first-order chi connectivity index (χ1) is 9.55. The zero-order valence-electron chi connectivity index (χ0n) is 12.9. The third-order valence-corrected chi connectivity index (χ3v) is 3.55. The Morgan fingerprint density at radius 1 is 1.35 bits per heavy atom. The van der Waals surface area contributed by atoms with E-state index in [1.165, 1.54) is 5.56 Å². The van der Waals surface area contributed by atoms with Crippen molar-refractivity contribution in [3.8, 4) is 11.5 Å². The molecule has 1 unspecified atom stereocenters. The Kier molecular flexibility index (Phi) is 4.89. The van der Waals surface area contributed by atoms with Crippen molar-refractivity contribution in [2.75, 3.05) is 27.4 Å². The Labute approximate surface area is 121 Å². The Balaban J connectivity index is 2.09. The second kappa shape index (κ2) is 6.46. The number of ether oxygens (including phenoxy) is 3. The van der Waals surface area contributed by atoms with E-state index >= 15 is 0 Å². The summed E-state index contributed by atoms with van der Waals surface area (Å²) in [6, 6.07) is 6.43. The third-order valence-electron chi connectivity index (χ3n) is 3.55. The topological polar surface area (TPSA) is 39.7 Å². The van der Waals surface area contributed by atoms with Crippen molar-refractivity contribution in [2.45, 2.75) is 38.3 Å². The maximum Gasteiger partial charge on any atom is 0.128 e. The lowest BCUT2D eigenvalue weighted by Crippen LogP contribution is -2.38. The highest BCUT2D eigenvalue weighted by Gasteiger charge is 2.33. The summed E-state index contributed by atoms with van der Waals surface area (Å²) < 4.78 is 16.8. The van der Waals surface area contributed by atoms with Gasteiger partial charge < -0.3 is 19.5 Å². The minimum Gasteiger partial charge on any atom is -0.493 e. The van der Waals surface area contributed by atoms with E-state index in [-0.39, 0.29) is 5.60 Å². The normalized spacial score (nSPS) is 20.1. The van der Waals surface area contributed by atoms with Gasteiger partial charge in [-0.25, -0.2) is 0 Å². The van der Waals surface area contributed by atoms with Gasteiger partial charge in [0.25, 0.3) is 0 Å². The van der Waals surface area contributed by atoms with Crippen molar-refractivity contribution >= 4 is 0 Å². The number of hydrogen-bond donors (Lipinski definition) is 1. The molecule has 0 fully saturated rings. The molecule has 1 aliphatic heterocycles. The molecule has 0 bridgehead atoms. The molecule has 4 nitrogen and oxygen atoms in total. The highest BCUT2D eigenvalue weighted by molar-refractivity contribution is 5.44. The summed E-state index contributed by atoms with van der Waals surface area (Å²) in [6.07, 6.45) is 1.85. The average Bonchev–Trinajstić information content (AvgIpc) is 2.41. The molecule has 1 aliphatic rings. The first kappa shape index (κ1) is 15.1. The van der Waals surface area contributed by atoms with E-state index in [4.69, 9.17) is 14.2 Å². The van der Waals surface area contributed by atoms with Crippen LogP contribution in [-0.4, -0.2) is 33.0 Å². The SMILES string of the molecule is CNC1CC(C)(C)Oc2cc(OCCCOC)ccc21. The standard InChI is InChI=1S/C16H25NO3/c1-16(2)11-14(17-3)13-7-6-12(10-15(13)20-16)19-9-5-8-18-4/h6-7,10,14,17H,5,8-9,11H2,1-4H3. The van der Waals surface area contributed by atoms with Crippen LogP contribution in [0.25, 0.3) is 0 Å². The lowest BCUT2D eigenvalue weighted by atomic mass is 9.90. The molecule has 1 atom stereocenters. The molecule has 0 amide bonds. The molecule has 0 spiro atoms. The maximum absolute atomic E-state index is 6.07. The lowest BCUT2D eigenvalue weighted by molar-refractivity contribution is 0.0670. The minimum atomic E-state index is -0.157. The van der Waals surface area contributed by atoms with Gasteiger partial charge >= 0.3 is 0 Å². The quantitative estimate of drug-likeness (QED) is 0.813. The maximum atomic E-state index is 6.07. The van der Waals surface area contributed by atoms with E-state index in [0.717, 1.165) is 30.9 Å². The molecular formula is C16H25NO3. The number of hydrogen-bond acceptors (Lipinski definition) is 4. The summed E-state index contributed by atoms with van der Waals surface area (Å²) in [5.41, 5.74) is 1.05. The van der Waals surface area contributed by atoms with Crippen molar-refractivity contribution in [3.05, 3.63) is 23.8 Å². The van der Waals surface area contributed by atoms with Crippen LogP contribution in [0.2, 0.25) is 0 Å². The molecule has 1 heterocycles. The zero-order valence-corrected chi connectivity index (χ0v) is 12.9. The lowest BCUT2D eigenvalue weighted by Gasteiger charge is -2.37. The molecule has 112 valence electrons. The van der Waals surface area contributed by atoms with Gasteiger partial charge in [0, 0.05) is 44.2 Å². The molecule has 1 aromatic rings. The Morgan fingerprint density at radius 3 is 2.85 bits per heavy atom. The zero-order chi connectivity index (χ0) is 14.6. The van der Waals surface area contributed by atoms with Gasteiger partial charge in [0.1, 0.15) is 17.1 Å². The number of rotatable bonds is 6. The summed E-state index contributed by atoms with van der Waals surface area (Å²) in [6.45, 7) is 5.61. The summed E-state index contributed by atoms with van der Waals surface area (Å²) >= 11 is 0. The predicted molar refractivity (Wildman–Crippen MR) is 79.6 cm³/mol. The van der Waals surface area contributed by atoms with Crippen molar-refractivity contribution in [1.29, 1.82) is 0 Å². The molecule has 0 aromatic heterocycles. The predicted octanol–water partition coefficient (Wildman–Crippen LogP) is 2.92. The van der Waals surface area contributed by atoms with Gasteiger partial charge in [-0.2, -0.15) is 0 Å². The Hall–Kier alpha value is -1.26. The van der Waals surface area contributed by atoms with E-state index < -0.39 is 0 Å². The van der Waals surface area contributed by atoms with Crippen LogP contribution in [-0.2, 0) is 4.74 Å². The highest BCUT2D eigenvalue weighted by atomic mass is 16.5. The number of methoxy groups -OCH3 is 1. The summed E-state index contributed by atoms with van der Waals surface area (Å²) in [4.78, 5) is 0. The Bertz CT molecular complexity index is 445. The first-order valence-electron chi connectivity index (χ1n) is 7.18. The van der Waals surface area contributed by atoms with Crippen molar-refractivity contribution in [3.63, 3.8) is 0 Å².